The number of hydrogen-bond acceptors (Lipinski definition) is 4. The van der Waals surface area contributed by atoms with Crippen LogP contribution in [0.1, 0.15) is 12.5 Å². The van der Waals surface area contributed by atoms with Crippen LogP contribution >= 0.6 is 0 Å². The molecule has 0 spiro atoms. The first kappa shape index (κ1) is 22.1. The maximum absolute atomic E-state index is 13.0. The summed E-state index contributed by atoms with van der Waals surface area (Å²) in [4.78, 5) is 1.23. The van der Waals surface area contributed by atoms with Crippen LogP contribution in [0, 0.1) is 6.92 Å². The van der Waals surface area contributed by atoms with Crippen molar-refractivity contribution < 1.29 is 34.8 Å². The minimum Gasteiger partial charge on any atom is -0.339 e. The summed E-state index contributed by atoms with van der Waals surface area (Å²) in [5.41, 5.74) is -1.74. The third kappa shape index (κ3) is 4.23. The maximum atomic E-state index is 13.0. The van der Waals surface area contributed by atoms with Gasteiger partial charge in [-0.3, -0.25) is 5.43 Å². The number of hydrogen-bond donors (Lipinski definition) is 2. The van der Waals surface area contributed by atoms with Gasteiger partial charge in [-0.2, -0.15) is 26.3 Å². The summed E-state index contributed by atoms with van der Waals surface area (Å²) in [6.07, 6.45) is -11.4. The first-order chi connectivity index (χ1) is 11.5. The molecule has 0 aliphatic carbocycles. The Morgan fingerprint density at radius 2 is 1.46 bits per heavy atom. The Hall–Kier alpha value is -1.95. The van der Waals surface area contributed by atoms with E-state index < -0.39 is 33.7 Å². The van der Waals surface area contributed by atoms with E-state index in [0.717, 1.165) is 5.56 Å². The van der Waals surface area contributed by atoms with E-state index in [-0.39, 0.29) is 16.7 Å². The molecule has 26 heavy (non-hydrogen) atoms. The standard InChI is InChI=1S/C14H17F6N3O2S/c1-9-5-7-11(8-6-9)26(24,25)22-21-10(2)23(4)12(3,13(15,16)17)14(18,19)20/h5-8,21-22H,2H2,1,3-4H3. The smallest absolute Gasteiger partial charge is 0.339 e. The van der Waals surface area contributed by atoms with Crippen molar-refractivity contribution >= 4 is 10.0 Å². The third-order valence-corrected chi connectivity index (χ3v) is 5.10. The van der Waals surface area contributed by atoms with Crippen molar-refractivity contribution in [2.75, 3.05) is 7.05 Å². The predicted octanol–water partition coefficient (Wildman–Crippen LogP) is 3.06. The molecule has 0 heterocycles. The molecular formula is C14H17F6N3O2S. The zero-order valence-electron chi connectivity index (χ0n) is 14.0. The fourth-order valence-corrected chi connectivity index (χ4v) is 2.66. The van der Waals surface area contributed by atoms with E-state index in [1.807, 2.05) is 0 Å². The third-order valence-electron chi connectivity index (χ3n) is 3.84. The molecule has 0 aliphatic heterocycles. The van der Waals surface area contributed by atoms with Gasteiger partial charge in [0.15, 0.2) is 0 Å². The molecule has 0 unspecified atom stereocenters. The van der Waals surface area contributed by atoms with Crippen LogP contribution in [0.15, 0.2) is 41.6 Å². The van der Waals surface area contributed by atoms with Crippen molar-refractivity contribution in [3.05, 3.63) is 42.2 Å². The van der Waals surface area contributed by atoms with Gasteiger partial charge in [-0.05, 0) is 26.0 Å². The van der Waals surface area contributed by atoms with Crippen LogP contribution < -0.4 is 10.3 Å². The lowest BCUT2D eigenvalue weighted by atomic mass is 9.99. The van der Waals surface area contributed by atoms with E-state index in [9.17, 15) is 34.8 Å². The average molecular weight is 405 g/mol. The summed E-state index contributed by atoms with van der Waals surface area (Å²) in [5, 5.41) is 0. The number of nitrogens with one attached hydrogen (secondary N) is 2. The van der Waals surface area contributed by atoms with Crippen molar-refractivity contribution in [3.63, 3.8) is 0 Å². The zero-order chi connectivity index (χ0) is 20.6. The zero-order valence-corrected chi connectivity index (χ0v) is 14.8. The van der Waals surface area contributed by atoms with Crippen LogP contribution in [0.2, 0.25) is 0 Å². The van der Waals surface area contributed by atoms with Gasteiger partial charge in [0.25, 0.3) is 10.0 Å². The van der Waals surface area contributed by atoms with Crippen LogP contribution in [-0.2, 0) is 10.0 Å². The highest BCUT2D eigenvalue weighted by molar-refractivity contribution is 7.89. The molecule has 0 saturated heterocycles. The highest BCUT2D eigenvalue weighted by Gasteiger charge is 2.70. The van der Waals surface area contributed by atoms with Crippen molar-refractivity contribution in [1.29, 1.82) is 0 Å². The minimum atomic E-state index is -5.69. The average Bonchev–Trinajstić information content (AvgIpc) is 2.49. The van der Waals surface area contributed by atoms with Crippen molar-refractivity contribution in [3.8, 4) is 0 Å². The molecule has 0 bridgehead atoms. The number of nitrogens with zero attached hydrogens (tertiary/aromatic N) is 1. The minimum absolute atomic E-state index is 0.0751. The lowest BCUT2D eigenvalue weighted by Crippen LogP contribution is -2.65. The number of hydrazine groups is 1. The summed E-state index contributed by atoms with van der Waals surface area (Å²) < 4.78 is 102. The Labute approximate surface area is 146 Å². The fraction of sp³-hybridized carbons (Fsp3) is 0.429. The SMILES string of the molecule is C=C(NNS(=O)(=O)c1ccc(C)cc1)N(C)C(C)(C(F)(F)F)C(F)(F)F. The van der Waals surface area contributed by atoms with Gasteiger partial charge in [-0.1, -0.05) is 24.3 Å². The largest absolute Gasteiger partial charge is 0.420 e. The Morgan fingerprint density at radius 3 is 1.85 bits per heavy atom. The van der Waals surface area contributed by atoms with Gasteiger partial charge >= 0.3 is 12.4 Å². The molecule has 148 valence electrons. The second-order valence-corrected chi connectivity index (χ2v) is 7.30. The molecule has 0 saturated carbocycles. The van der Waals surface area contributed by atoms with Gasteiger partial charge in [0.2, 0.25) is 5.54 Å². The Morgan fingerprint density at radius 1 is 1.04 bits per heavy atom. The van der Waals surface area contributed by atoms with Crippen LogP contribution in [-0.4, -0.2) is 38.3 Å². The number of aryl methyl sites for hydroxylation is 1. The Balaban J connectivity index is 3.01. The molecule has 0 radical (unpaired) electrons. The summed E-state index contributed by atoms with van der Waals surface area (Å²) in [7, 11) is -3.74. The number of sulfonamides is 1. The molecule has 12 heteroatoms. The first-order valence-corrected chi connectivity index (χ1v) is 8.43. The molecular weight excluding hydrogens is 388 g/mol. The molecule has 1 aromatic carbocycles. The second kappa shape index (κ2) is 6.99. The number of alkyl halides is 6. The topological polar surface area (TPSA) is 61.4 Å². The van der Waals surface area contributed by atoms with Gasteiger partial charge in [-0.25, -0.2) is 8.42 Å². The van der Waals surface area contributed by atoms with E-state index in [4.69, 9.17) is 0 Å². The van der Waals surface area contributed by atoms with Gasteiger partial charge in [0.1, 0.15) is 5.82 Å². The summed E-state index contributed by atoms with van der Waals surface area (Å²) in [6, 6.07) is 5.39. The van der Waals surface area contributed by atoms with Crippen LogP contribution in [0.5, 0.6) is 0 Å². The van der Waals surface area contributed by atoms with Crippen molar-refractivity contribution in [2.24, 2.45) is 0 Å². The molecule has 5 nitrogen and oxygen atoms in total. The molecule has 0 atom stereocenters. The Kier molecular flexibility index (Phi) is 5.94. The fourth-order valence-electron chi connectivity index (χ4n) is 1.80. The van der Waals surface area contributed by atoms with Crippen molar-refractivity contribution in [2.45, 2.75) is 36.6 Å². The monoisotopic (exact) mass is 405 g/mol. The van der Waals surface area contributed by atoms with Crippen LogP contribution in [0.4, 0.5) is 26.3 Å². The van der Waals surface area contributed by atoms with Gasteiger partial charge in [0.05, 0.1) is 4.90 Å². The highest BCUT2D eigenvalue weighted by Crippen LogP contribution is 2.47. The molecule has 1 rings (SSSR count). The second-order valence-electron chi connectivity index (χ2n) is 5.62. The molecule has 0 aliphatic rings. The quantitative estimate of drug-likeness (QED) is 0.564. The first-order valence-electron chi connectivity index (χ1n) is 6.94. The highest BCUT2D eigenvalue weighted by atomic mass is 32.2. The molecule has 2 N–H and O–H groups in total. The maximum Gasteiger partial charge on any atom is 0.420 e. The summed E-state index contributed by atoms with van der Waals surface area (Å²) in [6.45, 7) is 4.67. The molecule has 0 amide bonds. The summed E-state index contributed by atoms with van der Waals surface area (Å²) >= 11 is 0. The Bertz CT molecular complexity index is 742. The van der Waals surface area contributed by atoms with Crippen LogP contribution in [0.25, 0.3) is 0 Å². The van der Waals surface area contributed by atoms with E-state index in [1.165, 1.54) is 24.3 Å². The van der Waals surface area contributed by atoms with Gasteiger partial charge < -0.3 is 4.90 Å². The number of halogens is 6. The van der Waals surface area contributed by atoms with Crippen LogP contribution in [0.3, 0.4) is 0 Å². The van der Waals surface area contributed by atoms with Gasteiger partial charge in [0, 0.05) is 7.05 Å². The van der Waals surface area contributed by atoms with Crippen molar-refractivity contribution in [1.82, 2.24) is 15.2 Å². The number of rotatable bonds is 6. The molecule has 0 fully saturated rings. The lowest BCUT2D eigenvalue weighted by Gasteiger charge is -2.43. The van der Waals surface area contributed by atoms with E-state index >= 15 is 0 Å². The normalized spacial score (nSPS) is 13.4. The van der Waals surface area contributed by atoms with E-state index in [2.05, 4.69) is 6.58 Å². The summed E-state index contributed by atoms with van der Waals surface area (Å²) in [5.74, 6) is -0.946. The van der Waals surface area contributed by atoms with E-state index in [1.54, 1.807) is 17.2 Å². The number of benzene rings is 1. The van der Waals surface area contributed by atoms with Gasteiger partial charge in [-0.15, -0.1) is 4.83 Å². The lowest BCUT2D eigenvalue weighted by molar-refractivity contribution is -0.327. The molecule has 1 aromatic rings. The molecule has 0 aromatic heterocycles. The van der Waals surface area contributed by atoms with E-state index in [0.29, 0.717) is 7.05 Å². The predicted molar refractivity (Wildman–Crippen MR) is 82.1 cm³/mol.